The topological polar surface area (TPSA) is 104 Å². The SMILES string of the molecule is CC1=NN(c2ccc(S(C)(=O)=O)cc2)C(=O)C1=C(C(=O)O)C(F)(F)F. The van der Waals surface area contributed by atoms with Crippen LogP contribution >= 0.6 is 0 Å². The summed E-state index contributed by atoms with van der Waals surface area (Å²) in [7, 11) is -3.50. The van der Waals surface area contributed by atoms with Gasteiger partial charge in [0.1, 0.15) is 0 Å². The minimum absolute atomic E-state index is 0.00124. The third-order valence-corrected chi connectivity index (χ3v) is 4.40. The van der Waals surface area contributed by atoms with Gasteiger partial charge in [-0.2, -0.15) is 23.3 Å². The number of anilines is 1. The van der Waals surface area contributed by atoms with Crippen LogP contribution in [0.25, 0.3) is 0 Å². The number of sulfone groups is 1. The first-order valence-electron chi connectivity index (χ1n) is 6.59. The van der Waals surface area contributed by atoms with Gasteiger partial charge in [0.15, 0.2) is 15.4 Å². The molecule has 1 aliphatic rings. The number of hydrogen-bond donors (Lipinski definition) is 1. The summed E-state index contributed by atoms with van der Waals surface area (Å²) >= 11 is 0. The van der Waals surface area contributed by atoms with Gasteiger partial charge in [-0.1, -0.05) is 0 Å². The van der Waals surface area contributed by atoms with Gasteiger partial charge in [0.25, 0.3) is 5.91 Å². The summed E-state index contributed by atoms with van der Waals surface area (Å²) in [6.07, 6.45) is -4.28. The molecule has 1 aromatic rings. The van der Waals surface area contributed by atoms with Gasteiger partial charge in [-0.15, -0.1) is 0 Å². The summed E-state index contributed by atoms with van der Waals surface area (Å²) in [5, 5.41) is 13.1. The van der Waals surface area contributed by atoms with E-state index in [4.69, 9.17) is 5.11 Å². The van der Waals surface area contributed by atoms with Crippen LogP contribution in [0.5, 0.6) is 0 Å². The van der Waals surface area contributed by atoms with E-state index in [9.17, 15) is 31.2 Å². The lowest BCUT2D eigenvalue weighted by Gasteiger charge is -2.14. The highest BCUT2D eigenvalue weighted by Gasteiger charge is 2.46. The van der Waals surface area contributed by atoms with E-state index in [1.165, 1.54) is 12.1 Å². The molecule has 0 radical (unpaired) electrons. The van der Waals surface area contributed by atoms with Crippen LogP contribution < -0.4 is 5.01 Å². The minimum Gasteiger partial charge on any atom is -0.478 e. The highest BCUT2D eigenvalue weighted by atomic mass is 32.2. The van der Waals surface area contributed by atoms with Crippen molar-refractivity contribution in [1.29, 1.82) is 0 Å². The van der Waals surface area contributed by atoms with Gasteiger partial charge in [-0.25, -0.2) is 13.2 Å². The van der Waals surface area contributed by atoms with Crippen LogP contribution in [0.3, 0.4) is 0 Å². The summed E-state index contributed by atoms with van der Waals surface area (Å²) in [4.78, 5) is 23.2. The number of alkyl halides is 3. The second-order valence-electron chi connectivity index (χ2n) is 5.12. The number of carboxylic acid groups (broad SMARTS) is 1. The van der Waals surface area contributed by atoms with Crippen LogP contribution in [0.15, 0.2) is 45.4 Å². The molecule has 1 amide bonds. The van der Waals surface area contributed by atoms with Gasteiger partial charge < -0.3 is 5.11 Å². The third kappa shape index (κ3) is 3.55. The third-order valence-electron chi connectivity index (χ3n) is 3.27. The molecule has 0 saturated heterocycles. The molecule has 1 aromatic carbocycles. The molecule has 0 aromatic heterocycles. The van der Waals surface area contributed by atoms with Crippen molar-refractivity contribution in [2.75, 3.05) is 11.3 Å². The van der Waals surface area contributed by atoms with E-state index in [0.29, 0.717) is 5.01 Å². The quantitative estimate of drug-likeness (QED) is 0.810. The largest absolute Gasteiger partial charge is 0.478 e. The molecule has 1 heterocycles. The summed E-state index contributed by atoms with van der Waals surface area (Å²) in [5.74, 6) is -3.56. The van der Waals surface area contributed by atoms with Gasteiger partial charge in [0, 0.05) is 6.26 Å². The Hall–Kier alpha value is -2.69. The first-order valence-corrected chi connectivity index (χ1v) is 8.48. The number of halogens is 3. The van der Waals surface area contributed by atoms with Gasteiger partial charge >= 0.3 is 12.1 Å². The van der Waals surface area contributed by atoms with Crippen molar-refractivity contribution < 1.29 is 36.3 Å². The van der Waals surface area contributed by atoms with Crippen molar-refractivity contribution in [3.63, 3.8) is 0 Å². The summed E-state index contributed by atoms with van der Waals surface area (Å²) in [6.45, 7) is 1.08. The molecule has 25 heavy (non-hydrogen) atoms. The molecule has 0 unspecified atom stereocenters. The minimum atomic E-state index is -5.25. The van der Waals surface area contributed by atoms with Gasteiger partial charge in [-0.3, -0.25) is 4.79 Å². The number of carbonyl (C=O) groups is 2. The van der Waals surface area contributed by atoms with Crippen molar-refractivity contribution in [3.8, 4) is 0 Å². The fourth-order valence-corrected chi connectivity index (χ4v) is 2.80. The molecule has 0 spiro atoms. The fourth-order valence-electron chi connectivity index (χ4n) is 2.17. The average Bonchev–Trinajstić information content (AvgIpc) is 2.73. The summed E-state index contributed by atoms with van der Waals surface area (Å²) < 4.78 is 61.7. The molecule has 0 atom stereocenters. The van der Waals surface area contributed by atoms with Gasteiger partial charge in [0.2, 0.25) is 0 Å². The number of benzene rings is 1. The van der Waals surface area contributed by atoms with E-state index in [0.717, 1.165) is 25.3 Å². The Morgan fingerprint density at radius 2 is 1.72 bits per heavy atom. The Labute approximate surface area is 140 Å². The first kappa shape index (κ1) is 18.6. The van der Waals surface area contributed by atoms with Crippen LogP contribution in [0.2, 0.25) is 0 Å². The Morgan fingerprint density at radius 1 is 1.20 bits per heavy atom. The molecule has 0 fully saturated rings. The Balaban J connectivity index is 2.52. The van der Waals surface area contributed by atoms with E-state index in [2.05, 4.69) is 5.10 Å². The van der Waals surface area contributed by atoms with E-state index >= 15 is 0 Å². The number of carbonyl (C=O) groups excluding carboxylic acids is 1. The Bertz CT molecular complexity index is 915. The number of hydrogen-bond acceptors (Lipinski definition) is 5. The molecule has 1 N–H and O–H groups in total. The molecule has 134 valence electrons. The van der Waals surface area contributed by atoms with Gasteiger partial charge in [0.05, 0.1) is 21.9 Å². The molecular weight excluding hydrogens is 365 g/mol. The van der Waals surface area contributed by atoms with Crippen molar-refractivity contribution >= 4 is 33.1 Å². The number of aliphatic carboxylic acids is 1. The number of rotatable bonds is 3. The molecule has 0 saturated carbocycles. The zero-order chi connectivity index (χ0) is 19.2. The van der Waals surface area contributed by atoms with Crippen LogP contribution in [0, 0.1) is 0 Å². The van der Waals surface area contributed by atoms with Crippen molar-refractivity contribution in [1.82, 2.24) is 0 Å². The molecule has 0 bridgehead atoms. The molecule has 1 aliphatic heterocycles. The summed E-state index contributed by atoms with van der Waals surface area (Å²) in [6, 6.07) is 4.68. The maximum atomic E-state index is 13.0. The summed E-state index contributed by atoms with van der Waals surface area (Å²) in [5.41, 5.74) is -3.48. The molecule has 0 aliphatic carbocycles. The predicted octanol–water partition coefficient (Wildman–Crippen LogP) is 1.76. The zero-order valence-electron chi connectivity index (χ0n) is 12.8. The smallest absolute Gasteiger partial charge is 0.424 e. The van der Waals surface area contributed by atoms with Crippen LogP contribution in [-0.2, 0) is 19.4 Å². The first-order chi connectivity index (χ1) is 11.3. The highest BCUT2D eigenvalue weighted by molar-refractivity contribution is 7.90. The Kier molecular flexibility index (Phi) is 4.47. The Morgan fingerprint density at radius 3 is 2.12 bits per heavy atom. The van der Waals surface area contributed by atoms with Crippen molar-refractivity contribution in [2.45, 2.75) is 18.0 Å². The molecule has 11 heteroatoms. The normalized spacial score (nSPS) is 17.6. The fraction of sp³-hybridized carbons (Fsp3) is 0.214. The predicted molar refractivity (Wildman–Crippen MR) is 80.9 cm³/mol. The van der Waals surface area contributed by atoms with Crippen molar-refractivity contribution in [3.05, 3.63) is 35.4 Å². The van der Waals surface area contributed by atoms with Crippen molar-refractivity contribution in [2.24, 2.45) is 5.10 Å². The lowest BCUT2D eigenvalue weighted by molar-refractivity contribution is -0.145. The second kappa shape index (κ2) is 5.99. The monoisotopic (exact) mass is 376 g/mol. The number of carboxylic acids is 1. The zero-order valence-corrected chi connectivity index (χ0v) is 13.6. The van der Waals surface area contributed by atoms with E-state index in [1.54, 1.807) is 0 Å². The van der Waals surface area contributed by atoms with E-state index in [1.807, 2.05) is 0 Å². The number of nitrogens with zero attached hydrogens (tertiary/aromatic N) is 2. The molecule has 2 rings (SSSR count). The van der Waals surface area contributed by atoms with Crippen LogP contribution in [0.4, 0.5) is 18.9 Å². The van der Waals surface area contributed by atoms with Crippen LogP contribution in [-0.4, -0.2) is 43.5 Å². The van der Waals surface area contributed by atoms with E-state index < -0.39 is 44.7 Å². The van der Waals surface area contributed by atoms with Gasteiger partial charge in [-0.05, 0) is 31.2 Å². The van der Waals surface area contributed by atoms with Crippen LogP contribution in [0.1, 0.15) is 6.92 Å². The lowest BCUT2D eigenvalue weighted by atomic mass is 10.0. The highest BCUT2D eigenvalue weighted by Crippen LogP contribution is 2.33. The maximum absolute atomic E-state index is 13.0. The lowest BCUT2D eigenvalue weighted by Crippen LogP contribution is -2.29. The standard InChI is InChI=1S/C14H11F3N2O5S/c1-7-10(11(13(21)22)14(15,16)17)12(20)19(18-7)8-3-5-9(6-4-8)25(2,23)24/h3-6H,1-2H3,(H,21,22). The average molecular weight is 376 g/mol. The number of hydrazone groups is 1. The molecular formula is C14H11F3N2O5S. The van der Waals surface area contributed by atoms with E-state index in [-0.39, 0.29) is 10.6 Å². The maximum Gasteiger partial charge on any atom is 0.424 e. The second-order valence-corrected chi connectivity index (χ2v) is 7.14. The number of amides is 1. The molecule has 7 nitrogen and oxygen atoms in total.